The fourth-order valence-corrected chi connectivity index (χ4v) is 1.82. The van der Waals surface area contributed by atoms with E-state index in [2.05, 4.69) is 0 Å². The molecule has 21 heavy (non-hydrogen) atoms. The Balaban J connectivity index is 2.39. The van der Waals surface area contributed by atoms with Crippen molar-refractivity contribution in [2.45, 2.75) is 25.7 Å². The fraction of sp³-hybridized carbons (Fsp3) is 0.571. The topological polar surface area (TPSA) is 58.7 Å². The summed E-state index contributed by atoms with van der Waals surface area (Å²) in [5, 5.41) is 9.76. The average Bonchev–Trinajstić information content (AvgIpc) is 2.43. The first-order valence-electron chi connectivity index (χ1n) is 6.73. The summed E-state index contributed by atoms with van der Waals surface area (Å²) in [5.41, 5.74) is 6.41. The maximum Gasteiger partial charge on any atom is 0.401 e. The van der Waals surface area contributed by atoms with E-state index >= 15 is 0 Å². The standard InChI is InChI=1S/C14H21F3N2O2/c1-2-19(10-14(15,16)17)8-12(20)9-21-13-5-3-11(7-18)4-6-13/h3-6,12,20H,2,7-10,18H2,1H3. The minimum Gasteiger partial charge on any atom is -0.491 e. The highest BCUT2D eigenvalue weighted by Crippen LogP contribution is 2.17. The van der Waals surface area contributed by atoms with Crippen molar-refractivity contribution in [1.29, 1.82) is 0 Å². The summed E-state index contributed by atoms with van der Waals surface area (Å²) in [6.07, 6.45) is -5.25. The van der Waals surface area contributed by atoms with Gasteiger partial charge in [0.05, 0.1) is 6.54 Å². The van der Waals surface area contributed by atoms with Gasteiger partial charge in [0.25, 0.3) is 0 Å². The van der Waals surface area contributed by atoms with Gasteiger partial charge >= 0.3 is 6.18 Å². The van der Waals surface area contributed by atoms with Gasteiger partial charge in [-0.05, 0) is 24.2 Å². The van der Waals surface area contributed by atoms with Gasteiger partial charge in [0.2, 0.25) is 0 Å². The van der Waals surface area contributed by atoms with Gasteiger partial charge in [-0.25, -0.2) is 0 Å². The minimum atomic E-state index is -4.27. The molecule has 1 aromatic rings. The van der Waals surface area contributed by atoms with E-state index in [1.165, 1.54) is 0 Å². The number of aliphatic hydroxyl groups excluding tert-OH is 1. The van der Waals surface area contributed by atoms with Crippen molar-refractivity contribution in [1.82, 2.24) is 4.90 Å². The highest BCUT2D eigenvalue weighted by Gasteiger charge is 2.30. The van der Waals surface area contributed by atoms with Crippen molar-refractivity contribution in [3.05, 3.63) is 29.8 Å². The van der Waals surface area contributed by atoms with Crippen molar-refractivity contribution in [2.24, 2.45) is 5.73 Å². The van der Waals surface area contributed by atoms with Crippen LogP contribution in [0.15, 0.2) is 24.3 Å². The second-order valence-electron chi connectivity index (χ2n) is 4.76. The Hall–Kier alpha value is -1.31. The van der Waals surface area contributed by atoms with Gasteiger partial charge in [-0.2, -0.15) is 13.2 Å². The van der Waals surface area contributed by atoms with Gasteiger partial charge in [0.15, 0.2) is 0 Å². The van der Waals surface area contributed by atoms with Crippen LogP contribution in [0.3, 0.4) is 0 Å². The van der Waals surface area contributed by atoms with Crippen molar-refractivity contribution < 1.29 is 23.0 Å². The Kier molecular flexibility index (Phi) is 6.94. The van der Waals surface area contributed by atoms with Crippen LogP contribution in [-0.2, 0) is 6.54 Å². The predicted octanol–water partition coefficient (Wildman–Crippen LogP) is 1.77. The Morgan fingerprint density at radius 1 is 1.29 bits per heavy atom. The number of hydrogen-bond donors (Lipinski definition) is 2. The minimum absolute atomic E-state index is 0.0592. The van der Waals surface area contributed by atoms with Crippen molar-refractivity contribution in [3.63, 3.8) is 0 Å². The van der Waals surface area contributed by atoms with E-state index < -0.39 is 18.8 Å². The largest absolute Gasteiger partial charge is 0.491 e. The normalized spacial score (nSPS) is 13.5. The monoisotopic (exact) mass is 306 g/mol. The van der Waals surface area contributed by atoms with Crippen LogP contribution in [0.25, 0.3) is 0 Å². The van der Waals surface area contributed by atoms with Crippen LogP contribution in [0, 0.1) is 0 Å². The molecule has 7 heteroatoms. The lowest BCUT2D eigenvalue weighted by Gasteiger charge is -2.24. The van der Waals surface area contributed by atoms with E-state index in [1.54, 1.807) is 31.2 Å². The Morgan fingerprint density at radius 3 is 2.38 bits per heavy atom. The fourth-order valence-electron chi connectivity index (χ4n) is 1.82. The molecule has 1 rings (SSSR count). The van der Waals surface area contributed by atoms with Crippen LogP contribution >= 0.6 is 0 Å². The number of ether oxygens (including phenoxy) is 1. The third kappa shape index (κ3) is 7.31. The van der Waals surface area contributed by atoms with Crippen molar-refractivity contribution >= 4 is 0 Å². The number of nitrogens with two attached hydrogens (primary N) is 1. The van der Waals surface area contributed by atoms with E-state index in [1.807, 2.05) is 0 Å². The number of halogens is 3. The first kappa shape index (κ1) is 17.7. The van der Waals surface area contributed by atoms with Crippen LogP contribution in [0.2, 0.25) is 0 Å². The van der Waals surface area contributed by atoms with Crippen LogP contribution in [0.5, 0.6) is 5.75 Å². The molecule has 3 N–H and O–H groups in total. The number of nitrogens with zero attached hydrogens (tertiary/aromatic N) is 1. The van der Waals surface area contributed by atoms with Crippen LogP contribution in [0.4, 0.5) is 13.2 Å². The predicted molar refractivity (Wildman–Crippen MR) is 74.0 cm³/mol. The number of aliphatic hydroxyl groups is 1. The summed E-state index contributed by atoms with van der Waals surface area (Å²) in [4.78, 5) is 1.13. The molecular weight excluding hydrogens is 285 g/mol. The van der Waals surface area contributed by atoms with E-state index in [9.17, 15) is 18.3 Å². The zero-order valence-corrected chi connectivity index (χ0v) is 11.9. The quantitative estimate of drug-likeness (QED) is 0.768. The van der Waals surface area contributed by atoms with Gasteiger partial charge in [-0.1, -0.05) is 19.1 Å². The molecule has 0 aliphatic heterocycles. The van der Waals surface area contributed by atoms with Crippen LogP contribution in [-0.4, -0.2) is 48.5 Å². The van der Waals surface area contributed by atoms with Crippen LogP contribution < -0.4 is 10.5 Å². The molecule has 0 heterocycles. The molecule has 0 amide bonds. The first-order valence-corrected chi connectivity index (χ1v) is 6.73. The SMILES string of the molecule is CCN(CC(O)COc1ccc(CN)cc1)CC(F)(F)F. The molecule has 0 radical (unpaired) electrons. The van der Waals surface area contributed by atoms with Gasteiger partial charge < -0.3 is 15.6 Å². The maximum atomic E-state index is 12.3. The van der Waals surface area contributed by atoms with Gasteiger partial charge in [0, 0.05) is 13.1 Å². The summed E-state index contributed by atoms with van der Waals surface area (Å²) in [7, 11) is 0. The Morgan fingerprint density at radius 2 is 1.90 bits per heavy atom. The molecule has 1 aromatic carbocycles. The molecule has 0 aromatic heterocycles. The molecule has 0 saturated carbocycles. The van der Waals surface area contributed by atoms with Crippen molar-refractivity contribution in [2.75, 3.05) is 26.2 Å². The molecule has 0 saturated heterocycles. The number of hydrogen-bond acceptors (Lipinski definition) is 4. The molecule has 0 spiro atoms. The molecule has 0 fully saturated rings. The number of likely N-dealkylation sites (N-methyl/N-ethyl adjacent to an activating group) is 1. The summed E-state index contributed by atoms with van der Waals surface area (Å²) in [5.74, 6) is 0.546. The first-order chi connectivity index (χ1) is 9.84. The Bertz CT molecular complexity index is 410. The van der Waals surface area contributed by atoms with Crippen molar-refractivity contribution in [3.8, 4) is 5.75 Å². The number of rotatable bonds is 8. The maximum absolute atomic E-state index is 12.3. The van der Waals surface area contributed by atoms with E-state index in [0.29, 0.717) is 12.3 Å². The molecule has 1 unspecified atom stereocenters. The number of alkyl halides is 3. The van der Waals surface area contributed by atoms with Gasteiger partial charge in [-0.3, -0.25) is 4.90 Å². The third-order valence-electron chi connectivity index (χ3n) is 2.92. The zero-order chi connectivity index (χ0) is 15.9. The van der Waals surface area contributed by atoms with E-state index in [-0.39, 0.29) is 19.7 Å². The molecule has 0 aliphatic carbocycles. The van der Waals surface area contributed by atoms with Crippen LogP contribution in [0.1, 0.15) is 12.5 Å². The van der Waals surface area contributed by atoms with Gasteiger partial charge in [-0.15, -0.1) is 0 Å². The molecule has 4 nitrogen and oxygen atoms in total. The van der Waals surface area contributed by atoms with E-state index in [4.69, 9.17) is 10.5 Å². The average molecular weight is 306 g/mol. The zero-order valence-electron chi connectivity index (χ0n) is 11.9. The second kappa shape index (κ2) is 8.21. The third-order valence-corrected chi connectivity index (χ3v) is 2.92. The molecule has 120 valence electrons. The summed E-state index contributed by atoms with van der Waals surface area (Å²) in [6.45, 7) is 1.07. The molecular formula is C14H21F3N2O2. The lowest BCUT2D eigenvalue weighted by Crippen LogP contribution is -2.40. The molecule has 1 atom stereocenters. The smallest absolute Gasteiger partial charge is 0.401 e. The summed E-state index contributed by atoms with van der Waals surface area (Å²) >= 11 is 0. The molecule has 0 bridgehead atoms. The number of benzene rings is 1. The Labute approximate surface area is 122 Å². The lowest BCUT2D eigenvalue weighted by molar-refractivity contribution is -0.148. The molecule has 0 aliphatic rings. The summed E-state index contributed by atoms with van der Waals surface area (Å²) < 4.78 is 42.2. The summed E-state index contributed by atoms with van der Waals surface area (Å²) in [6, 6.07) is 7.01. The second-order valence-corrected chi connectivity index (χ2v) is 4.76. The highest BCUT2D eigenvalue weighted by molar-refractivity contribution is 5.27. The lowest BCUT2D eigenvalue weighted by atomic mass is 10.2. The van der Waals surface area contributed by atoms with E-state index in [0.717, 1.165) is 10.5 Å². The van der Waals surface area contributed by atoms with Gasteiger partial charge in [0.1, 0.15) is 18.5 Å². The highest BCUT2D eigenvalue weighted by atomic mass is 19.4.